The molecule has 6 rings (SSSR count). The molecule has 0 radical (unpaired) electrons. The maximum atomic E-state index is 12.9. The molecule has 0 spiro atoms. The average Bonchev–Trinajstić information content (AvgIpc) is 3.24. The summed E-state index contributed by atoms with van der Waals surface area (Å²) in [5, 5.41) is 3.22. The number of benzene rings is 1. The van der Waals surface area contributed by atoms with E-state index in [1.54, 1.807) is 6.07 Å². The largest absolute Gasteiger partial charge is 0.377 e. The van der Waals surface area contributed by atoms with Crippen LogP contribution < -0.4 is 10.0 Å². The molecule has 170 valence electrons. The van der Waals surface area contributed by atoms with Gasteiger partial charge in [-0.2, -0.15) is 0 Å². The number of halogens is 1. The normalized spacial score (nSPS) is 34.2. The number of nitrogens with one attached hydrogen (secondary N) is 2. The predicted octanol–water partition coefficient (Wildman–Crippen LogP) is 3.74. The van der Waals surface area contributed by atoms with Crippen molar-refractivity contribution in [2.75, 3.05) is 19.7 Å². The molecule has 0 aromatic heterocycles. The third-order valence-electron chi connectivity index (χ3n) is 7.80. The Labute approximate surface area is 189 Å². The molecule has 1 aromatic carbocycles. The lowest BCUT2D eigenvalue weighted by atomic mass is 9.49. The number of amides is 1. The molecule has 6 nitrogen and oxygen atoms in total. The van der Waals surface area contributed by atoms with Gasteiger partial charge >= 0.3 is 0 Å². The van der Waals surface area contributed by atoms with E-state index in [1.165, 1.54) is 50.7 Å². The Balaban J connectivity index is 1.25. The molecule has 1 amide bonds. The summed E-state index contributed by atoms with van der Waals surface area (Å²) >= 11 is 6.19. The maximum Gasteiger partial charge on any atom is 0.251 e. The van der Waals surface area contributed by atoms with Crippen LogP contribution >= 0.6 is 11.6 Å². The molecule has 1 aliphatic heterocycles. The Hall–Kier alpha value is -1.15. The molecular weight excluding hydrogens is 436 g/mol. The number of hydrogen-bond donors (Lipinski definition) is 2. The van der Waals surface area contributed by atoms with Gasteiger partial charge in [-0.3, -0.25) is 4.79 Å². The minimum Gasteiger partial charge on any atom is -0.377 e. The topological polar surface area (TPSA) is 84.5 Å². The van der Waals surface area contributed by atoms with Crippen molar-refractivity contribution in [2.45, 2.75) is 62.4 Å². The van der Waals surface area contributed by atoms with Crippen LogP contribution in [0.25, 0.3) is 0 Å². The zero-order valence-electron chi connectivity index (χ0n) is 17.7. The Morgan fingerprint density at radius 2 is 1.81 bits per heavy atom. The molecule has 1 atom stereocenters. The fraction of sp³-hybridized carbons (Fsp3) is 0.696. The lowest BCUT2D eigenvalue weighted by Crippen LogP contribution is -2.51. The van der Waals surface area contributed by atoms with Crippen molar-refractivity contribution in [2.24, 2.45) is 23.2 Å². The van der Waals surface area contributed by atoms with Crippen molar-refractivity contribution >= 4 is 27.5 Å². The van der Waals surface area contributed by atoms with Crippen molar-refractivity contribution in [3.63, 3.8) is 0 Å². The highest BCUT2D eigenvalue weighted by atomic mass is 35.5. The highest BCUT2D eigenvalue weighted by Gasteiger charge is 2.50. The molecule has 1 aromatic rings. The lowest BCUT2D eigenvalue weighted by molar-refractivity contribution is -0.0503. The van der Waals surface area contributed by atoms with Gasteiger partial charge in [0.2, 0.25) is 10.0 Å². The second kappa shape index (κ2) is 8.32. The standard InChI is InChI=1S/C23H31ClN2O4S/c24-20-4-3-18(9-21(20)31(28,29)26-13-19-2-1-5-30-19)22(27)25-14-23-10-15-6-16(11-23)8-17(7-15)12-23/h3-4,9,15-17,19,26H,1-2,5-8,10-14H2,(H,25,27). The van der Waals surface area contributed by atoms with E-state index >= 15 is 0 Å². The van der Waals surface area contributed by atoms with E-state index in [-0.39, 0.29) is 33.9 Å². The van der Waals surface area contributed by atoms with E-state index in [1.807, 2.05) is 0 Å². The number of ether oxygens (including phenoxy) is 1. The van der Waals surface area contributed by atoms with Gasteiger partial charge in [-0.05, 0) is 92.7 Å². The van der Waals surface area contributed by atoms with Crippen molar-refractivity contribution in [1.82, 2.24) is 10.0 Å². The highest BCUT2D eigenvalue weighted by molar-refractivity contribution is 7.89. The fourth-order valence-electron chi connectivity index (χ4n) is 6.81. The molecule has 2 N–H and O–H groups in total. The van der Waals surface area contributed by atoms with Crippen molar-refractivity contribution < 1.29 is 17.9 Å². The van der Waals surface area contributed by atoms with Crippen molar-refractivity contribution in [3.05, 3.63) is 28.8 Å². The van der Waals surface area contributed by atoms with Crippen LogP contribution in [0.2, 0.25) is 5.02 Å². The van der Waals surface area contributed by atoms with Crippen LogP contribution in [0.15, 0.2) is 23.1 Å². The van der Waals surface area contributed by atoms with Gasteiger partial charge in [0.1, 0.15) is 4.90 Å². The Morgan fingerprint density at radius 1 is 1.13 bits per heavy atom. The first kappa shape index (κ1) is 21.7. The van der Waals surface area contributed by atoms with Gasteiger partial charge in [-0.1, -0.05) is 11.6 Å². The second-order valence-electron chi connectivity index (χ2n) is 10.2. The van der Waals surface area contributed by atoms with Gasteiger partial charge in [-0.25, -0.2) is 13.1 Å². The molecule has 1 heterocycles. The highest BCUT2D eigenvalue weighted by Crippen LogP contribution is 2.59. The summed E-state index contributed by atoms with van der Waals surface area (Å²) < 4.78 is 33.6. The first-order chi connectivity index (χ1) is 14.8. The van der Waals surface area contributed by atoms with Crippen LogP contribution in [-0.2, 0) is 14.8 Å². The summed E-state index contributed by atoms with van der Waals surface area (Å²) in [4.78, 5) is 12.8. The Kier molecular flexibility index (Phi) is 5.82. The number of hydrogen-bond acceptors (Lipinski definition) is 4. The molecule has 4 aliphatic carbocycles. The van der Waals surface area contributed by atoms with Gasteiger partial charge in [0, 0.05) is 25.3 Å². The van der Waals surface area contributed by atoms with Gasteiger partial charge in [0.05, 0.1) is 11.1 Å². The van der Waals surface area contributed by atoms with Gasteiger partial charge < -0.3 is 10.1 Å². The van der Waals surface area contributed by atoms with E-state index in [9.17, 15) is 13.2 Å². The summed E-state index contributed by atoms with van der Waals surface area (Å²) in [7, 11) is -3.83. The van der Waals surface area contributed by atoms with E-state index in [0.717, 1.165) is 30.6 Å². The van der Waals surface area contributed by atoms with E-state index in [0.29, 0.717) is 18.7 Å². The van der Waals surface area contributed by atoms with Crippen LogP contribution in [-0.4, -0.2) is 40.1 Å². The van der Waals surface area contributed by atoms with E-state index in [4.69, 9.17) is 16.3 Å². The van der Waals surface area contributed by atoms with E-state index < -0.39 is 10.0 Å². The molecule has 1 unspecified atom stereocenters. The van der Waals surface area contributed by atoms with Crippen LogP contribution in [0.5, 0.6) is 0 Å². The zero-order valence-corrected chi connectivity index (χ0v) is 19.3. The summed E-state index contributed by atoms with van der Waals surface area (Å²) in [5.41, 5.74) is 0.556. The number of carbonyl (C=O) groups is 1. The van der Waals surface area contributed by atoms with Gasteiger partial charge in [0.15, 0.2) is 0 Å². The number of sulfonamides is 1. The quantitative estimate of drug-likeness (QED) is 0.641. The molecule has 5 fully saturated rings. The SMILES string of the molecule is O=C(NCC12CC3CC(CC(C3)C1)C2)c1ccc(Cl)c(S(=O)(=O)NCC2CCCO2)c1. The van der Waals surface area contributed by atoms with Gasteiger partial charge in [0.25, 0.3) is 5.91 Å². The lowest BCUT2D eigenvalue weighted by Gasteiger charge is -2.56. The molecule has 5 aliphatic rings. The third-order valence-corrected chi connectivity index (χ3v) is 9.70. The van der Waals surface area contributed by atoms with Crippen molar-refractivity contribution in [1.29, 1.82) is 0 Å². The smallest absolute Gasteiger partial charge is 0.251 e. The Bertz CT molecular complexity index is 923. The average molecular weight is 467 g/mol. The summed E-state index contributed by atoms with van der Waals surface area (Å²) in [6, 6.07) is 4.47. The zero-order chi connectivity index (χ0) is 21.6. The van der Waals surface area contributed by atoms with Gasteiger partial charge in [-0.15, -0.1) is 0 Å². The van der Waals surface area contributed by atoms with E-state index in [2.05, 4.69) is 10.0 Å². The van der Waals surface area contributed by atoms with Crippen LogP contribution in [0.4, 0.5) is 0 Å². The molecule has 1 saturated heterocycles. The second-order valence-corrected chi connectivity index (χ2v) is 12.4. The molecule has 31 heavy (non-hydrogen) atoms. The third kappa shape index (κ3) is 4.52. The van der Waals surface area contributed by atoms with Crippen LogP contribution in [0.1, 0.15) is 61.7 Å². The minimum absolute atomic E-state index is 0.0605. The van der Waals surface area contributed by atoms with Crippen LogP contribution in [0, 0.1) is 23.2 Å². The predicted molar refractivity (Wildman–Crippen MR) is 119 cm³/mol. The summed E-state index contributed by atoms with van der Waals surface area (Å²) in [6.45, 7) is 1.55. The maximum absolute atomic E-state index is 12.9. The monoisotopic (exact) mass is 466 g/mol. The summed E-state index contributed by atoms with van der Waals surface area (Å²) in [6.07, 6.45) is 9.40. The molecule has 8 heteroatoms. The summed E-state index contributed by atoms with van der Waals surface area (Å²) in [5.74, 6) is 2.24. The molecular formula is C23H31ClN2O4S. The Morgan fingerprint density at radius 3 is 2.42 bits per heavy atom. The van der Waals surface area contributed by atoms with Crippen LogP contribution in [0.3, 0.4) is 0 Å². The first-order valence-corrected chi connectivity index (χ1v) is 13.4. The molecule has 4 bridgehead atoms. The minimum atomic E-state index is -3.83. The number of rotatable bonds is 7. The first-order valence-electron chi connectivity index (χ1n) is 11.5. The van der Waals surface area contributed by atoms with Crippen molar-refractivity contribution in [3.8, 4) is 0 Å². The number of carbonyl (C=O) groups excluding carboxylic acids is 1. The fourth-order valence-corrected chi connectivity index (χ4v) is 8.40. The molecule has 4 saturated carbocycles.